The highest BCUT2D eigenvalue weighted by atomic mass is 35.5. The second-order valence-corrected chi connectivity index (χ2v) is 7.02. The predicted octanol–water partition coefficient (Wildman–Crippen LogP) is 4.90. The topological polar surface area (TPSA) is 17.0 Å². The number of nitrogens with one attached hydrogen (secondary N) is 1. The summed E-state index contributed by atoms with van der Waals surface area (Å²) in [6.07, 6.45) is 3.32. The first-order valence-corrected chi connectivity index (χ1v) is 8.48. The second kappa shape index (κ2) is 6.65. The summed E-state index contributed by atoms with van der Waals surface area (Å²) in [7, 11) is 0. The first kappa shape index (κ1) is 14.6. The van der Waals surface area contributed by atoms with Crippen LogP contribution >= 0.6 is 22.9 Å². The number of halogens is 1. The third-order valence-electron chi connectivity index (χ3n) is 3.55. The van der Waals surface area contributed by atoms with Gasteiger partial charge in [0, 0.05) is 23.1 Å². The van der Waals surface area contributed by atoms with Gasteiger partial charge in [0.05, 0.1) is 10.9 Å². The van der Waals surface area contributed by atoms with Crippen molar-refractivity contribution < 1.29 is 0 Å². The molecule has 0 aliphatic heterocycles. The van der Waals surface area contributed by atoms with Crippen LogP contribution in [0.25, 0.3) is 10.9 Å². The van der Waals surface area contributed by atoms with Crippen molar-refractivity contribution in [2.45, 2.75) is 26.4 Å². The lowest BCUT2D eigenvalue weighted by atomic mass is 10.1. The van der Waals surface area contributed by atoms with E-state index >= 15 is 0 Å². The van der Waals surface area contributed by atoms with Crippen molar-refractivity contribution in [3.63, 3.8) is 0 Å². The minimum atomic E-state index is 0.853. The maximum absolute atomic E-state index is 6.00. The van der Waals surface area contributed by atoms with E-state index in [4.69, 9.17) is 11.6 Å². The van der Waals surface area contributed by atoms with Crippen molar-refractivity contribution in [1.29, 1.82) is 0 Å². The highest BCUT2D eigenvalue weighted by Gasteiger charge is 2.05. The van der Waals surface area contributed by atoms with Gasteiger partial charge in [0.1, 0.15) is 0 Å². The molecule has 0 spiro atoms. The molecule has 0 saturated carbocycles. The number of fused-ring (bicyclic) bond motifs is 1. The van der Waals surface area contributed by atoms with E-state index in [1.54, 1.807) is 11.3 Å². The van der Waals surface area contributed by atoms with Crippen LogP contribution in [0.4, 0.5) is 0 Å². The molecule has 4 heteroatoms. The van der Waals surface area contributed by atoms with Gasteiger partial charge in [0.2, 0.25) is 0 Å². The summed E-state index contributed by atoms with van der Waals surface area (Å²) in [6.45, 7) is 5.08. The second-order valence-electron chi connectivity index (χ2n) is 5.22. The fourth-order valence-corrected chi connectivity index (χ4v) is 3.60. The molecule has 0 amide bonds. The van der Waals surface area contributed by atoms with E-state index in [0.29, 0.717) is 0 Å². The molecule has 0 aliphatic carbocycles. The molecule has 0 atom stereocenters. The van der Waals surface area contributed by atoms with Gasteiger partial charge in [-0.1, -0.05) is 24.6 Å². The van der Waals surface area contributed by atoms with E-state index in [2.05, 4.69) is 53.3 Å². The van der Waals surface area contributed by atoms with Crippen LogP contribution in [0.2, 0.25) is 4.34 Å². The van der Waals surface area contributed by atoms with Crippen molar-refractivity contribution in [3.8, 4) is 0 Å². The molecule has 1 N–H and O–H groups in total. The first-order chi connectivity index (χ1) is 10.3. The maximum atomic E-state index is 6.00. The molecule has 0 unspecified atom stereocenters. The maximum Gasteiger partial charge on any atom is 0.0931 e. The minimum Gasteiger partial charge on any atom is -0.342 e. The summed E-state index contributed by atoms with van der Waals surface area (Å²) in [6, 6.07) is 13.0. The molecule has 0 fully saturated rings. The quantitative estimate of drug-likeness (QED) is 0.639. The van der Waals surface area contributed by atoms with Crippen molar-refractivity contribution in [2.24, 2.45) is 0 Å². The first-order valence-electron chi connectivity index (χ1n) is 7.29. The number of rotatable bonds is 6. The molecule has 0 saturated heterocycles. The normalized spacial score (nSPS) is 11.3. The Kier molecular flexibility index (Phi) is 4.63. The molecular weight excluding hydrogens is 300 g/mol. The Labute approximate surface area is 134 Å². The number of benzene rings is 1. The Balaban J connectivity index is 1.79. The molecule has 2 heterocycles. The third kappa shape index (κ3) is 3.49. The molecule has 1 aromatic carbocycles. The van der Waals surface area contributed by atoms with Gasteiger partial charge in [0.25, 0.3) is 0 Å². The van der Waals surface area contributed by atoms with Crippen molar-refractivity contribution in [2.75, 3.05) is 6.54 Å². The largest absolute Gasteiger partial charge is 0.342 e. The number of nitrogens with zero attached hydrogens (tertiary/aromatic N) is 1. The van der Waals surface area contributed by atoms with Gasteiger partial charge < -0.3 is 9.88 Å². The zero-order valence-electron chi connectivity index (χ0n) is 12.1. The fraction of sp³-hybridized carbons (Fsp3) is 0.294. The zero-order valence-corrected chi connectivity index (χ0v) is 13.7. The van der Waals surface area contributed by atoms with Crippen molar-refractivity contribution >= 4 is 33.8 Å². The SMILES string of the molecule is CCCNCc1ccc2c(ccn2Cc2ccc(Cl)s2)c1. The Hall–Kier alpha value is -1.29. The van der Waals surface area contributed by atoms with Gasteiger partial charge in [-0.15, -0.1) is 11.3 Å². The van der Waals surface area contributed by atoms with E-state index in [1.165, 1.54) is 27.8 Å². The lowest BCUT2D eigenvalue weighted by Crippen LogP contribution is -2.13. The summed E-state index contributed by atoms with van der Waals surface area (Å²) >= 11 is 7.65. The average molecular weight is 319 g/mol. The molecule has 3 rings (SSSR count). The molecule has 2 nitrogen and oxygen atoms in total. The van der Waals surface area contributed by atoms with Gasteiger partial charge in [-0.3, -0.25) is 0 Å². The Morgan fingerprint density at radius 2 is 2.10 bits per heavy atom. The van der Waals surface area contributed by atoms with Crippen LogP contribution in [-0.2, 0) is 13.1 Å². The standard InChI is InChI=1S/C17H19ClN2S/c1-2-8-19-11-13-3-5-16-14(10-13)7-9-20(16)12-15-4-6-17(18)21-15/h3-7,9-10,19H,2,8,11-12H2,1H3. The van der Waals surface area contributed by atoms with Crippen molar-refractivity contribution in [1.82, 2.24) is 9.88 Å². The molecule has 110 valence electrons. The van der Waals surface area contributed by atoms with E-state index in [0.717, 1.165) is 24.0 Å². The Bertz CT molecular complexity index is 729. The van der Waals surface area contributed by atoms with Crippen LogP contribution in [-0.4, -0.2) is 11.1 Å². The fourth-order valence-electron chi connectivity index (χ4n) is 2.51. The number of hydrogen-bond donors (Lipinski definition) is 1. The smallest absolute Gasteiger partial charge is 0.0931 e. The number of thiophene rings is 1. The summed E-state index contributed by atoms with van der Waals surface area (Å²) in [5.41, 5.74) is 2.62. The number of aromatic nitrogens is 1. The third-order valence-corrected chi connectivity index (χ3v) is 4.76. The molecule has 21 heavy (non-hydrogen) atoms. The van der Waals surface area contributed by atoms with E-state index < -0.39 is 0 Å². The van der Waals surface area contributed by atoms with Crippen LogP contribution in [0.3, 0.4) is 0 Å². The van der Waals surface area contributed by atoms with Gasteiger partial charge in [0.15, 0.2) is 0 Å². The van der Waals surface area contributed by atoms with E-state index in [9.17, 15) is 0 Å². The lowest BCUT2D eigenvalue weighted by Gasteiger charge is -2.06. The summed E-state index contributed by atoms with van der Waals surface area (Å²) in [4.78, 5) is 1.28. The molecule has 2 aromatic heterocycles. The highest BCUT2D eigenvalue weighted by Crippen LogP contribution is 2.24. The monoisotopic (exact) mass is 318 g/mol. The van der Waals surface area contributed by atoms with E-state index in [1.807, 2.05) is 6.07 Å². The molecule has 0 radical (unpaired) electrons. The van der Waals surface area contributed by atoms with Crippen LogP contribution < -0.4 is 5.32 Å². The molecule has 0 bridgehead atoms. The van der Waals surface area contributed by atoms with Gasteiger partial charge in [-0.05, 0) is 54.2 Å². The number of hydrogen-bond acceptors (Lipinski definition) is 2. The average Bonchev–Trinajstić information content (AvgIpc) is 3.06. The molecule has 3 aromatic rings. The predicted molar refractivity (Wildman–Crippen MR) is 92.4 cm³/mol. The Morgan fingerprint density at radius 3 is 2.86 bits per heavy atom. The Morgan fingerprint density at radius 1 is 1.19 bits per heavy atom. The van der Waals surface area contributed by atoms with Gasteiger partial charge >= 0.3 is 0 Å². The van der Waals surface area contributed by atoms with Gasteiger partial charge in [-0.2, -0.15) is 0 Å². The summed E-state index contributed by atoms with van der Waals surface area (Å²) in [5, 5.41) is 4.75. The van der Waals surface area contributed by atoms with Crippen molar-refractivity contribution in [3.05, 3.63) is 57.4 Å². The molecular formula is C17H19ClN2S. The summed E-state index contributed by atoms with van der Waals surface area (Å²) in [5.74, 6) is 0. The highest BCUT2D eigenvalue weighted by molar-refractivity contribution is 7.16. The molecule has 0 aliphatic rings. The van der Waals surface area contributed by atoms with Crippen LogP contribution in [0.5, 0.6) is 0 Å². The van der Waals surface area contributed by atoms with Crippen LogP contribution in [0, 0.1) is 0 Å². The van der Waals surface area contributed by atoms with Gasteiger partial charge in [-0.25, -0.2) is 0 Å². The van der Waals surface area contributed by atoms with Crippen LogP contribution in [0.15, 0.2) is 42.6 Å². The summed E-state index contributed by atoms with van der Waals surface area (Å²) < 4.78 is 3.13. The van der Waals surface area contributed by atoms with E-state index in [-0.39, 0.29) is 0 Å². The lowest BCUT2D eigenvalue weighted by molar-refractivity contribution is 0.676. The zero-order chi connectivity index (χ0) is 14.7. The minimum absolute atomic E-state index is 0.853. The van der Waals surface area contributed by atoms with Crippen LogP contribution in [0.1, 0.15) is 23.8 Å².